The molecular weight excluding hydrogens is 252 g/mol. The van der Waals surface area contributed by atoms with Crippen LogP contribution in [0.2, 0.25) is 0 Å². The molecule has 1 fully saturated rings. The first-order valence-electron chi connectivity index (χ1n) is 7.90. The molecule has 1 heterocycles. The zero-order chi connectivity index (χ0) is 14.8. The number of rotatable bonds is 8. The third kappa shape index (κ3) is 5.67. The standard InChI is InChI=1S/C15H32N4O/c1-4-5-6-7-10-17-14(16)18-13-15(19(2)3)8-11-20-12-9-15/h4-13H2,1-3H3,(H3,16,17,18). The van der Waals surface area contributed by atoms with Crippen LogP contribution in [0.3, 0.4) is 0 Å². The summed E-state index contributed by atoms with van der Waals surface area (Å²) in [6, 6.07) is 0. The van der Waals surface area contributed by atoms with Crippen molar-refractivity contribution in [2.45, 2.75) is 51.0 Å². The smallest absolute Gasteiger partial charge is 0.188 e. The van der Waals surface area contributed by atoms with Gasteiger partial charge in [-0.1, -0.05) is 26.2 Å². The molecule has 0 amide bonds. The molecule has 5 heteroatoms. The largest absolute Gasteiger partial charge is 0.381 e. The van der Waals surface area contributed by atoms with Gasteiger partial charge in [-0.2, -0.15) is 0 Å². The van der Waals surface area contributed by atoms with Crippen LogP contribution < -0.4 is 11.1 Å². The first-order valence-corrected chi connectivity index (χ1v) is 7.90. The van der Waals surface area contributed by atoms with Crippen molar-refractivity contribution >= 4 is 5.96 Å². The van der Waals surface area contributed by atoms with Gasteiger partial charge in [0.05, 0.1) is 6.54 Å². The van der Waals surface area contributed by atoms with Crippen molar-refractivity contribution in [1.29, 1.82) is 0 Å². The van der Waals surface area contributed by atoms with Crippen LogP contribution in [0.25, 0.3) is 0 Å². The quantitative estimate of drug-likeness (QED) is 0.403. The van der Waals surface area contributed by atoms with Gasteiger partial charge >= 0.3 is 0 Å². The van der Waals surface area contributed by atoms with Crippen LogP contribution in [0.4, 0.5) is 0 Å². The number of ether oxygens (including phenoxy) is 1. The zero-order valence-corrected chi connectivity index (χ0v) is 13.5. The highest BCUT2D eigenvalue weighted by atomic mass is 16.5. The molecule has 1 aliphatic rings. The van der Waals surface area contributed by atoms with E-state index in [9.17, 15) is 0 Å². The second-order valence-electron chi connectivity index (χ2n) is 5.92. The number of nitrogens with two attached hydrogens (primary N) is 1. The van der Waals surface area contributed by atoms with E-state index in [0.717, 1.165) is 45.6 Å². The van der Waals surface area contributed by atoms with Crippen molar-refractivity contribution in [1.82, 2.24) is 10.2 Å². The van der Waals surface area contributed by atoms with Gasteiger partial charge in [-0.15, -0.1) is 0 Å². The van der Waals surface area contributed by atoms with E-state index >= 15 is 0 Å². The van der Waals surface area contributed by atoms with E-state index in [4.69, 9.17) is 10.5 Å². The maximum Gasteiger partial charge on any atom is 0.188 e. The molecule has 1 aliphatic heterocycles. The number of hydrogen-bond acceptors (Lipinski definition) is 3. The van der Waals surface area contributed by atoms with E-state index in [1.54, 1.807) is 0 Å². The first kappa shape index (κ1) is 17.2. The highest BCUT2D eigenvalue weighted by Crippen LogP contribution is 2.26. The predicted octanol–water partition coefficient (Wildman–Crippen LogP) is 1.58. The minimum Gasteiger partial charge on any atom is -0.381 e. The fourth-order valence-corrected chi connectivity index (χ4v) is 2.55. The number of nitrogens with zero attached hydrogens (tertiary/aromatic N) is 2. The maximum atomic E-state index is 5.95. The van der Waals surface area contributed by atoms with E-state index in [1.165, 1.54) is 19.3 Å². The summed E-state index contributed by atoms with van der Waals surface area (Å²) in [5.74, 6) is 0.578. The Kier molecular flexibility index (Phi) is 7.92. The summed E-state index contributed by atoms with van der Waals surface area (Å²) in [6.07, 6.45) is 7.02. The minimum atomic E-state index is 0.104. The summed E-state index contributed by atoms with van der Waals surface area (Å²) in [5.41, 5.74) is 6.06. The number of guanidine groups is 1. The fraction of sp³-hybridized carbons (Fsp3) is 0.933. The zero-order valence-electron chi connectivity index (χ0n) is 13.5. The van der Waals surface area contributed by atoms with Crippen LogP contribution >= 0.6 is 0 Å². The molecule has 0 bridgehead atoms. The monoisotopic (exact) mass is 284 g/mol. The van der Waals surface area contributed by atoms with Crippen molar-refractivity contribution in [2.24, 2.45) is 10.7 Å². The number of likely N-dealkylation sites (N-methyl/N-ethyl adjacent to an activating group) is 1. The third-order valence-corrected chi connectivity index (χ3v) is 4.25. The van der Waals surface area contributed by atoms with Gasteiger partial charge in [0.15, 0.2) is 5.96 Å². The van der Waals surface area contributed by atoms with Gasteiger partial charge in [-0.25, -0.2) is 0 Å². The minimum absolute atomic E-state index is 0.104. The normalized spacial score (nSPS) is 19.3. The Balaban J connectivity index is 2.35. The van der Waals surface area contributed by atoms with Gasteiger partial charge in [0.1, 0.15) is 0 Å². The third-order valence-electron chi connectivity index (χ3n) is 4.25. The lowest BCUT2D eigenvalue weighted by atomic mass is 9.89. The molecule has 1 saturated heterocycles. The molecule has 20 heavy (non-hydrogen) atoms. The molecule has 0 aromatic heterocycles. The predicted molar refractivity (Wildman–Crippen MR) is 85.1 cm³/mol. The maximum absolute atomic E-state index is 5.95. The van der Waals surface area contributed by atoms with Gasteiger partial charge < -0.3 is 20.7 Å². The average Bonchev–Trinajstić information content (AvgIpc) is 2.46. The fourth-order valence-electron chi connectivity index (χ4n) is 2.55. The summed E-state index contributed by atoms with van der Waals surface area (Å²) in [4.78, 5) is 6.82. The lowest BCUT2D eigenvalue weighted by Gasteiger charge is -2.41. The topological polar surface area (TPSA) is 62.9 Å². The lowest BCUT2D eigenvalue weighted by molar-refractivity contribution is -0.00252. The Hall–Kier alpha value is -0.810. The van der Waals surface area contributed by atoms with Gasteiger partial charge in [-0.05, 0) is 33.4 Å². The second-order valence-corrected chi connectivity index (χ2v) is 5.92. The second kappa shape index (κ2) is 9.19. The molecule has 0 aromatic carbocycles. The molecule has 0 saturated carbocycles. The van der Waals surface area contributed by atoms with E-state index in [-0.39, 0.29) is 5.54 Å². The van der Waals surface area contributed by atoms with Crippen LogP contribution in [0.15, 0.2) is 4.99 Å². The van der Waals surface area contributed by atoms with Gasteiger partial charge in [0.25, 0.3) is 0 Å². The Morgan fingerprint density at radius 3 is 2.55 bits per heavy atom. The van der Waals surface area contributed by atoms with Crippen LogP contribution in [-0.4, -0.2) is 56.8 Å². The molecule has 0 unspecified atom stereocenters. The van der Waals surface area contributed by atoms with E-state index in [0.29, 0.717) is 5.96 Å². The Morgan fingerprint density at radius 2 is 1.95 bits per heavy atom. The Morgan fingerprint density at radius 1 is 1.25 bits per heavy atom. The van der Waals surface area contributed by atoms with E-state index < -0.39 is 0 Å². The SMILES string of the molecule is CCCCCCNC(N)=NCC1(N(C)C)CCOCC1. The number of nitrogens with one attached hydrogen (secondary N) is 1. The summed E-state index contributed by atoms with van der Waals surface area (Å²) in [6.45, 7) is 5.53. The molecule has 5 nitrogen and oxygen atoms in total. The van der Waals surface area contributed by atoms with Gasteiger partial charge in [0, 0.05) is 25.3 Å². The van der Waals surface area contributed by atoms with Crippen molar-refractivity contribution in [3.63, 3.8) is 0 Å². The first-order chi connectivity index (χ1) is 9.60. The van der Waals surface area contributed by atoms with Crippen LogP contribution in [-0.2, 0) is 4.74 Å². The van der Waals surface area contributed by atoms with Crippen molar-refractivity contribution < 1.29 is 4.74 Å². The molecular formula is C15H32N4O. The van der Waals surface area contributed by atoms with Crippen molar-refractivity contribution in [3.05, 3.63) is 0 Å². The number of hydrogen-bond donors (Lipinski definition) is 2. The highest BCUT2D eigenvalue weighted by Gasteiger charge is 2.34. The van der Waals surface area contributed by atoms with Crippen molar-refractivity contribution in [2.75, 3.05) is 40.4 Å². The Bertz CT molecular complexity index is 286. The highest BCUT2D eigenvalue weighted by molar-refractivity contribution is 5.77. The molecule has 118 valence electrons. The van der Waals surface area contributed by atoms with Crippen molar-refractivity contribution in [3.8, 4) is 0 Å². The Labute approximate surface area is 124 Å². The van der Waals surface area contributed by atoms with Gasteiger partial charge in [0.2, 0.25) is 0 Å². The molecule has 0 aliphatic carbocycles. The molecule has 0 atom stereocenters. The van der Waals surface area contributed by atoms with Gasteiger partial charge in [-0.3, -0.25) is 4.99 Å². The summed E-state index contributed by atoms with van der Waals surface area (Å²) < 4.78 is 5.46. The molecule has 0 radical (unpaired) electrons. The van der Waals surface area contributed by atoms with Crippen LogP contribution in [0, 0.1) is 0 Å². The average molecular weight is 284 g/mol. The molecule has 0 spiro atoms. The number of unbranched alkanes of at least 4 members (excludes halogenated alkanes) is 3. The summed E-state index contributed by atoms with van der Waals surface area (Å²) in [7, 11) is 4.24. The molecule has 3 N–H and O–H groups in total. The molecule has 1 rings (SSSR count). The summed E-state index contributed by atoms with van der Waals surface area (Å²) in [5, 5.41) is 3.22. The van der Waals surface area contributed by atoms with Crippen LogP contribution in [0.5, 0.6) is 0 Å². The summed E-state index contributed by atoms with van der Waals surface area (Å²) >= 11 is 0. The lowest BCUT2D eigenvalue weighted by Crippen LogP contribution is -2.51. The van der Waals surface area contributed by atoms with E-state index in [1.807, 2.05) is 0 Å². The molecule has 0 aromatic rings. The van der Waals surface area contributed by atoms with E-state index in [2.05, 4.69) is 36.2 Å². The van der Waals surface area contributed by atoms with Crippen LogP contribution in [0.1, 0.15) is 45.4 Å². The number of aliphatic imine (C=N–C) groups is 1.